The fourth-order valence-electron chi connectivity index (χ4n) is 2.29. The molecule has 1 atom stereocenters. The molecule has 1 heterocycles. The normalized spacial score (nSPS) is 19.6. The Hall–Kier alpha value is -1.75. The van der Waals surface area contributed by atoms with E-state index in [1.807, 2.05) is 4.90 Å². The molecule has 5 heteroatoms. The zero-order valence-electron chi connectivity index (χ0n) is 9.47. The second-order valence-electron chi connectivity index (χ2n) is 4.25. The van der Waals surface area contributed by atoms with Gasteiger partial charge in [0.25, 0.3) is 0 Å². The maximum Gasteiger partial charge on any atom is 0.335 e. The van der Waals surface area contributed by atoms with Gasteiger partial charge in [0, 0.05) is 6.54 Å². The van der Waals surface area contributed by atoms with E-state index in [0.717, 1.165) is 25.1 Å². The fraction of sp³-hybridized carbons (Fsp3) is 0.417. The zero-order chi connectivity index (χ0) is 12.4. The molecule has 1 unspecified atom stereocenters. The lowest BCUT2D eigenvalue weighted by Crippen LogP contribution is -2.32. The third kappa shape index (κ3) is 2.19. The first kappa shape index (κ1) is 11.7. The molecular formula is C12H16N2O3. The topological polar surface area (TPSA) is 86.8 Å². The van der Waals surface area contributed by atoms with E-state index in [0.29, 0.717) is 5.69 Å². The van der Waals surface area contributed by atoms with E-state index in [-0.39, 0.29) is 18.2 Å². The SMILES string of the molecule is Nc1cc(C(=O)O)ccc1N1CCCC1CO. The smallest absolute Gasteiger partial charge is 0.335 e. The van der Waals surface area contributed by atoms with Crippen LogP contribution in [0.2, 0.25) is 0 Å². The van der Waals surface area contributed by atoms with E-state index in [1.54, 1.807) is 12.1 Å². The predicted octanol–water partition coefficient (Wildman–Crippen LogP) is 0.928. The molecule has 17 heavy (non-hydrogen) atoms. The highest BCUT2D eigenvalue weighted by Crippen LogP contribution is 2.30. The number of nitrogen functional groups attached to an aromatic ring is 1. The summed E-state index contributed by atoms with van der Waals surface area (Å²) in [7, 11) is 0. The van der Waals surface area contributed by atoms with Crippen LogP contribution in [0.25, 0.3) is 0 Å². The van der Waals surface area contributed by atoms with Crippen molar-refractivity contribution in [3.8, 4) is 0 Å². The summed E-state index contributed by atoms with van der Waals surface area (Å²) in [5.74, 6) is -0.983. The minimum atomic E-state index is -0.983. The van der Waals surface area contributed by atoms with Gasteiger partial charge in [-0.15, -0.1) is 0 Å². The lowest BCUT2D eigenvalue weighted by atomic mass is 10.1. The molecule has 5 nitrogen and oxygen atoms in total. The standard InChI is InChI=1S/C12H16N2O3/c13-10-6-8(12(16)17)3-4-11(10)14-5-1-2-9(14)7-15/h3-4,6,9,15H,1-2,5,7,13H2,(H,16,17). The molecule has 0 amide bonds. The number of hydrogen-bond donors (Lipinski definition) is 3. The zero-order valence-corrected chi connectivity index (χ0v) is 9.47. The summed E-state index contributed by atoms with van der Waals surface area (Å²) >= 11 is 0. The number of carboxylic acid groups (broad SMARTS) is 1. The largest absolute Gasteiger partial charge is 0.478 e. The monoisotopic (exact) mass is 236 g/mol. The lowest BCUT2D eigenvalue weighted by molar-refractivity contribution is 0.0697. The molecule has 0 aliphatic carbocycles. The van der Waals surface area contributed by atoms with Crippen LogP contribution in [0.5, 0.6) is 0 Å². The van der Waals surface area contributed by atoms with E-state index in [2.05, 4.69) is 0 Å². The van der Waals surface area contributed by atoms with Crippen LogP contribution in [0.4, 0.5) is 11.4 Å². The average molecular weight is 236 g/mol. The minimum absolute atomic E-state index is 0.0907. The van der Waals surface area contributed by atoms with E-state index >= 15 is 0 Å². The predicted molar refractivity (Wildman–Crippen MR) is 65.3 cm³/mol. The first-order valence-corrected chi connectivity index (χ1v) is 5.64. The van der Waals surface area contributed by atoms with Crippen molar-refractivity contribution in [3.63, 3.8) is 0 Å². The van der Waals surface area contributed by atoms with E-state index in [9.17, 15) is 9.90 Å². The Bertz CT molecular complexity index is 434. The summed E-state index contributed by atoms with van der Waals surface area (Å²) in [4.78, 5) is 12.8. The molecule has 0 aromatic heterocycles. The van der Waals surface area contributed by atoms with Crippen LogP contribution in [-0.2, 0) is 0 Å². The second kappa shape index (κ2) is 4.63. The molecule has 1 aliphatic heterocycles. The van der Waals surface area contributed by atoms with Crippen LogP contribution in [0.1, 0.15) is 23.2 Å². The molecule has 92 valence electrons. The molecule has 1 aliphatic rings. The van der Waals surface area contributed by atoms with Crippen molar-refractivity contribution < 1.29 is 15.0 Å². The van der Waals surface area contributed by atoms with Crippen molar-refractivity contribution in [1.82, 2.24) is 0 Å². The summed E-state index contributed by atoms with van der Waals surface area (Å²) in [5, 5.41) is 18.1. The van der Waals surface area contributed by atoms with Crippen molar-refractivity contribution in [2.75, 3.05) is 23.8 Å². The van der Waals surface area contributed by atoms with Crippen molar-refractivity contribution in [2.24, 2.45) is 0 Å². The van der Waals surface area contributed by atoms with Crippen molar-refractivity contribution >= 4 is 17.3 Å². The summed E-state index contributed by atoms with van der Waals surface area (Å²) in [6.07, 6.45) is 1.96. The van der Waals surface area contributed by atoms with Crippen molar-refractivity contribution in [3.05, 3.63) is 23.8 Å². The molecule has 1 aromatic carbocycles. The maximum absolute atomic E-state index is 10.8. The maximum atomic E-state index is 10.8. The number of carbonyl (C=O) groups is 1. The van der Waals surface area contributed by atoms with Gasteiger partial charge < -0.3 is 20.8 Å². The summed E-state index contributed by atoms with van der Waals surface area (Å²) in [6.45, 7) is 0.946. The van der Waals surface area contributed by atoms with Gasteiger partial charge in [0.05, 0.1) is 29.6 Å². The van der Waals surface area contributed by atoms with Crippen LogP contribution < -0.4 is 10.6 Å². The fourth-order valence-corrected chi connectivity index (χ4v) is 2.29. The molecule has 1 fully saturated rings. The summed E-state index contributed by atoms with van der Waals surface area (Å²) < 4.78 is 0. The molecule has 4 N–H and O–H groups in total. The van der Waals surface area contributed by atoms with Crippen LogP contribution >= 0.6 is 0 Å². The van der Waals surface area contributed by atoms with Crippen molar-refractivity contribution in [2.45, 2.75) is 18.9 Å². The average Bonchev–Trinajstić information content (AvgIpc) is 2.76. The van der Waals surface area contributed by atoms with Crippen LogP contribution in [0.3, 0.4) is 0 Å². The highest BCUT2D eigenvalue weighted by Gasteiger charge is 2.25. The Morgan fingerprint density at radius 2 is 2.29 bits per heavy atom. The van der Waals surface area contributed by atoms with Gasteiger partial charge in [0.2, 0.25) is 0 Å². The van der Waals surface area contributed by atoms with Crippen molar-refractivity contribution in [1.29, 1.82) is 0 Å². The quantitative estimate of drug-likeness (QED) is 0.679. The van der Waals surface area contributed by atoms with Gasteiger partial charge in [-0.3, -0.25) is 0 Å². The Morgan fingerprint density at radius 1 is 1.53 bits per heavy atom. The van der Waals surface area contributed by atoms with Crippen LogP contribution in [-0.4, -0.2) is 35.4 Å². The Morgan fingerprint density at radius 3 is 2.88 bits per heavy atom. The van der Waals surface area contributed by atoms with Crippen LogP contribution in [0, 0.1) is 0 Å². The number of anilines is 2. The molecule has 0 saturated carbocycles. The number of aromatic carboxylic acids is 1. The molecule has 1 aromatic rings. The first-order valence-electron chi connectivity index (χ1n) is 5.64. The molecule has 2 rings (SSSR count). The number of aliphatic hydroxyl groups is 1. The van der Waals surface area contributed by atoms with Gasteiger partial charge in [-0.1, -0.05) is 0 Å². The number of nitrogens with zero attached hydrogens (tertiary/aromatic N) is 1. The number of aliphatic hydroxyl groups excluding tert-OH is 1. The van der Waals surface area contributed by atoms with Crippen LogP contribution in [0.15, 0.2) is 18.2 Å². The lowest BCUT2D eigenvalue weighted by Gasteiger charge is -2.26. The van der Waals surface area contributed by atoms with Gasteiger partial charge in [-0.25, -0.2) is 4.79 Å². The Kier molecular flexibility index (Phi) is 3.19. The van der Waals surface area contributed by atoms with E-state index in [1.165, 1.54) is 6.07 Å². The molecule has 0 bridgehead atoms. The first-order chi connectivity index (χ1) is 8.13. The van der Waals surface area contributed by atoms with Gasteiger partial charge in [0.15, 0.2) is 0 Å². The highest BCUT2D eigenvalue weighted by molar-refractivity contribution is 5.90. The molecule has 1 saturated heterocycles. The Balaban J connectivity index is 2.30. The molecule has 0 radical (unpaired) electrons. The number of nitrogens with two attached hydrogens (primary N) is 1. The van der Waals surface area contributed by atoms with Gasteiger partial charge >= 0.3 is 5.97 Å². The molecular weight excluding hydrogens is 220 g/mol. The van der Waals surface area contributed by atoms with Gasteiger partial charge in [-0.05, 0) is 31.0 Å². The highest BCUT2D eigenvalue weighted by atomic mass is 16.4. The number of rotatable bonds is 3. The van der Waals surface area contributed by atoms with Gasteiger partial charge in [0.1, 0.15) is 0 Å². The third-order valence-electron chi connectivity index (χ3n) is 3.17. The Labute approximate surface area is 99.5 Å². The number of carboxylic acids is 1. The van der Waals surface area contributed by atoms with E-state index < -0.39 is 5.97 Å². The number of benzene rings is 1. The minimum Gasteiger partial charge on any atom is -0.478 e. The number of hydrogen-bond acceptors (Lipinski definition) is 4. The summed E-state index contributed by atoms with van der Waals surface area (Å²) in [5.41, 5.74) is 7.32. The summed E-state index contributed by atoms with van der Waals surface area (Å²) in [6, 6.07) is 4.81. The molecule has 0 spiro atoms. The van der Waals surface area contributed by atoms with Gasteiger partial charge in [-0.2, -0.15) is 0 Å². The van der Waals surface area contributed by atoms with E-state index in [4.69, 9.17) is 10.8 Å². The second-order valence-corrected chi connectivity index (χ2v) is 4.25. The third-order valence-corrected chi connectivity index (χ3v) is 3.17.